The van der Waals surface area contributed by atoms with Crippen LogP contribution >= 0.6 is 11.3 Å². The van der Waals surface area contributed by atoms with Gasteiger partial charge in [0.25, 0.3) is 5.91 Å². The van der Waals surface area contributed by atoms with Crippen LogP contribution in [-0.4, -0.2) is 19.3 Å². The molecule has 0 fully saturated rings. The van der Waals surface area contributed by atoms with Crippen LogP contribution in [0.25, 0.3) is 0 Å². The third-order valence-electron chi connectivity index (χ3n) is 2.81. The summed E-state index contributed by atoms with van der Waals surface area (Å²) in [5.41, 5.74) is 7.16. The van der Waals surface area contributed by atoms with E-state index in [2.05, 4.69) is 10.3 Å². The Bertz CT molecular complexity index is 812. The van der Waals surface area contributed by atoms with Gasteiger partial charge in [0.1, 0.15) is 4.88 Å². The van der Waals surface area contributed by atoms with Gasteiger partial charge in [0.2, 0.25) is 10.0 Å². The molecular weight excluding hydrogens is 312 g/mol. The Morgan fingerprint density at radius 3 is 2.52 bits per heavy atom. The molecule has 0 saturated carbocycles. The first-order valence-electron chi connectivity index (χ1n) is 5.86. The maximum absolute atomic E-state index is 12.2. The third-order valence-corrected chi connectivity index (χ3v) is 4.70. The zero-order valence-electron chi connectivity index (χ0n) is 11.4. The molecule has 112 valence electrons. The van der Waals surface area contributed by atoms with Crippen LogP contribution in [0.2, 0.25) is 0 Å². The smallest absolute Gasteiger partial charge is 0.267 e. The predicted octanol–water partition coefficient (Wildman–Crippen LogP) is 1.24. The fourth-order valence-corrected chi connectivity index (χ4v) is 2.99. The van der Waals surface area contributed by atoms with Crippen LogP contribution in [0.1, 0.15) is 20.9 Å². The molecule has 0 spiro atoms. The summed E-state index contributed by atoms with van der Waals surface area (Å²) in [7, 11) is -3.83. The van der Waals surface area contributed by atoms with Crippen molar-refractivity contribution in [3.63, 3.8) is 0 Å². The van der Waals surface area contributed by atoms with Crippen molar-refractivity contribution in [3.8, 4) is 0 Å². The number of nitrogen functional groups attached to an aromatic ring is 1. The van der Waals surface area contributed by atoms with Gasteiger partial charge in [-0.2, -0.15) is 0 Å². The lowest BCUT2D eigenvalue weighted by Crippen LogP contribution is -2.15. The molecule has 7 nitrogen and oxygen atoms in total. The zero-order valence-corrected chi connectivity index (χ0v) is 13.0. The van der Waals surface area contributed by atoms with Crippen molar-refractivity contribution < 1.29 is 13.2 Å². The van der Waals surface area contributed by atoms with Crippen molar-refractivity contribution in [1.29, 1.82) is 0 Å². The summed E-state index contributed by atoms with van der Waals surface area (Å²) < 4.78 is 22.7. The van der Waals surface area contributed by atoms with Gasteiger partial charge in [-0.25, -0.2) is 18.5 Å². The molecule has 0 radical (unpaired) electrons. The highest BCUT2D eigenvalue weighted by Crippen LogP contribution is 2.24. The average molecular weight is 326 g/mol. The fourth-order valence-electron chi connectivity index (χ4n) is 1.72. The number of aromatic nitrogens is 1. The highest BCUT2D eigenvalue weighted by Gasteiger charge is 2.16. The van der Waals surface area contributed by atoms with Crippen molar-refractivity contribution in [2.45, 2.75) is 18.7 Å². The minimum Gasteiger partial charge on any atom is -0.375 e. The van der Waals surface area contributed by atoms with Crippen molar-refractivity contribution in [2.24, 2.45) is 5.14 Å². The van der Waals surface area contributed by atoms with Crippen LogP contribution in [-0.2, 0) is 10.0 Å². The number of amides is 1. The number of thiazole rings is 1. The van der Waals surface area contributed by atoms with E-state index >= 15 is 0 Å². The van der Waals surface area contributed by atoms with Gasteiger partial charge in [0, 0.05) is 5.69 Å². The first-order chi connectivity index (χ1) is 9.68. The van der Waals surface area contributed by atoms with Crippen LogP contribution in [0.3, 0.4) is 0 Å². The van der Waals surface area contributed by atoms with E-state index in [0.717, 1.165) is 11.3 Å². The molecule has 21 heavy (non-hydrogen) atoms. The van der Waals surface area contributed by atoms with E-state index in [9.17, 15) is 13.2 Å². The van der Waals surface area contributed by atoms with E-state index < -0.39 is 15.9 Å². The Morgan fingerprint density at radius 2 is 2.00 bits per heavy atom. The van der Waals surface area contributed by atoms with Crippen molar-refractivity contribution in [1.82, 2.24) is 4.98 Å². The van der Waals surface area contributed by atoms with Gasteiger partial charge in [0.05, 0.1) is 10.6 Å². The second kappa shape index (κ2) is 5.43. The molecule has 0 unspecified atom stereocenters. The molecule has 2 rings (SSSR count). The van der Waals surface area contributed by atoms with Crippen LogP contribution in [0.4, 0.5) is 10.8 Å². The number of benzene rings is 1. The van der Waals surface area contributed by atoms with Gasteiger partial charge in [0.15, 0.2) is 5.13 Å². The van der Waals surface area contributed by atoms with E-state index in [-0.39, 0.29) is 4.90 Å². The highest BCUT2D eigenvalue weighted by molar-refractivity contribution is 7.89. The number of nitrogens with zero attached hydrogens (tertiary/aromatic N) is 1. The summed E-state index contributed by atoms with van der Waals surface area (Å²) in [6.07, 6.45) is 0. The molecule has 9 heteroatoms. The molecule has 0 bridgehead atoms. The Kier molecular flexibility index (Phi) is 3.99. The van der Waals surface area contributed by atoms with Crippen LogP contribution < -0.4 is 16.2 Å². The van der Waals surface area contributed by atoms with Crippen molar-refractivity contribution in [3.05, 3.63) is 34.3 Å². The number of rotatable bonds is 3. The molecule has 0 aliphatic rings. The van der Waals surface area contributed by atoms with Gasteiger partial charge in [-0.3, -0.25) is 4.79 Å². The van der Waals surface area contributed by atoms with E-state index in [1.54, 1.807) is 19.9 Å². The molecule has 2 aromatic rings. The predicted molar refractivity (Wildman–Crippen MR) is 81.8 cm³/mol. The van der Waals surface area contributed by atoms with Gasteiger partial charge in [-0.15, -0.1) is 0 Å². The number of hydrogen-bond donors (Lipinski definition) is 3. The van der Waals surface area contributed by atoms with E-state index in [4.69, 9.17) is 10.9 Å². The Balaban J connectivity index is 2.35. The molecule has 0 aliphatic heterocycles. The monoisotopic (exact) mass is 326 g/mol. The van der Waals surface area contributed by atoms with Gasteiger partial charge in [-0.1, -0.05) is 17.4 Å². The summed E-state index contributed by atoms with van der Waals surface area (Å²) in [6.45, 7) is 3.42. The largest absolute Gasteiger partial charge is 0.375 e. The van der Waals surface area contributed by atoms with E-state index in [1.807, 2.05) is 0 Å². The first kappa shape index (κ1) is 15.4. The highest BCUT2D eigenvalue weighted by atomic mass is 32.2. The van der Waals surface area contributed by atoms with Crippen molar-refractivity contribution in [2.75, 3.05) is 11.1 Å². The first-order valence-corrected chi connectivity index (χ1v) is 8.22. The molecule has 1 aromatic carbocycles. The summed E-state index contributed by atoms with van der Waals surface area (Å²) in [4.78, 5) is 16.5. The number of nitrogens with two attached hydrogens (primary N) is 2. The van der Waals surface area contributed by atoms with Crippen LogP contribution in [0.15, 0.2) is 23.1 Å². The second-order valence-corrected chi connectivity index (χ2v) is 7.03. The molecule has 1 aromatic heterocycles. The number of anilines is 2. The van der Waals surface area contributed by atoms with Crippen LogP contribution in [0.5, 0.6) is 0 Å². The number of hydrogen-bond acceptors (Lipinski definition) is 6. The van der Waals surface area contributed by atoms with Gasteiger partial charge < -0.3 is 11.1 Å². The number of carbonyl (C=O) groups is 1. The maximum Gasteiger partial charge on any atom is 0.267 e. The molecule has 0 saturated heterocycles. The number of sulfonamides is 1. The van der Waals surface area contributed by atoms with E-state index in [1.165, 1.54) is 12.1 Å². The normalized spacial score (nSPS) is 11.4. The number of nitrogens with one attached hydrogen (secondary N) is 1. The fraction of sp³-hybridized carbons (Fsp3) is 0.167. The lowest BCUT2D eigenvalue weighted by molar-refractivity contribution is 0.102. The average Bonchev–Trinajstić information content (AvgIpc) is 2.70. The Hall–Kier alpha value is -1.97. The molecule has 5 N–H and O–H groups in total. The molecular formula is C12H14N4O3S2. The number of aryl methyl sites for hydroxylation is 2. The lowest BCUT2D eigenvalue weighted by Gasteiger charge is -2.09. The third kappa shape index (κ3) is 3.38. The minimum absolute atomic E-state index is 0.0658. The maximum atomic E-state index is 12.2. The molecule has 0 atom stereocenters. The lowest BCUT2D eigenvalue weighted by atomic mass is 10.2. The van der Waals surface area contributed by atoms with E-state index in [0.29, 0.717) is 27.0 Å². The zero-order chi connectivity index (χ0) is 15.8. The van der Waals surface area contributed by atoms with Gasteiger partial charge >= 0.3 is 0 Å². The van der Waals surface area contributed by atoms with Crippen LogP contribution in [0, 0.1) is 13.8 Å². The van der Waals surface area contributed by atoms with Crippen molar-refractivity contribution >= 4 is 38.1 Å². The molecule has 1 amide bonds. The molecule has 0 aliphatic carbocycles. The minimum atomic E-state index is -3.83. The Labute approximate surface area is 126 Å². The SMILES string of the molecule is Cc1ccc(S(N)(=O)=O)cc1NC(=O)c1sc(N)nc1C. The summed E-state index contributed by atoms with van der Waals surface area (Å²) >= 11 is 1.07. The van der Waals surface area contributed by atoms with Gasteiger partial charge in [-0.05, 0) is 31.5 Å². The summed E-state index contributed by atoms with van der Waals surface area (Å²) in [5.74, 6) is -0.392. The standard InChI is InChI=1S/C12H14N4O3S2/c1-6-3-4-8(21(14,18)19)5-9(6)16-11(17)10-7(2)15-12(13)20-10/h3-5H,1-2H3,(H2,13,15)(H,16,17)(H2,14,18,19). The quantitative estimate of drug-likeness (QED) is 0.781. The summed E-state index contributed by atoms with van der Waals surface area (Å²) in [6, 6.07) is 4.28. The number of carbonyl (C=O) groups excluding carboxylic acids is 1. The number of primary sulfonamides is 1. The second-order valence-electron chi connectivity index (χ2n) is 4.44. The summed E-state index contributed by atoms with van der Waals surface area (Å²) in [5, 5.41) is 8.03. The Morgan fingerprint density at radius 1 is 1.33 bits per heavy atom. The topological polar surface area (TPSA) is 128 Å². The molecule has 1 heterocycles.